The van der Waals surface area contributed by atoms with Gasteiger partial charge in [0.05, 0.1) is 9.79 Å². The standard InChI is InChI=1S/2C9H14N4O2S.H2O4S/c2*10-9(11)13-6-5-7-1-3-8(4-2-7)16(12,14)15;1-5(2,3)4/h2*1-4H,5-6H2,(H4,10,11,13)(H2,12,14,15);(H2,1,2,3,4). The van der Waals surface area contributed by atoms with Crippen molar-refractivity contribution in [1.29, 1.82) is 0 Å². The Bertz CT molecular complexity index is 1270. The van der Waals surface area contributed by atoms with Gasteiger partial charge in [-0.05, 0) is 48.2 Å². The second-order valence-corrected chi connectivity index (χ2v) is 11.0. The van der Waals surface area contributed by atoms with Crippen molar-refractivity contribution >= 4 is 42.4 Å². The second kappa shape index (κ2) is 15.0. The highest BCUT2D eigenvalue weighted by molar-refractivity contribution is 7.89. The van der Waals surface area contributed by atoms with Crippen LogP contribution in [0.1, 0.15) is 11.1 Å². The van der Waals surface area contributed by atoms with Crippen LogP contribution in [0.15, 0.2) is 68.3 Å². The molecule has 0 unspecified atom stereocenters. The molecule has 0 aliphatic rings. The van der Waals surface area contributed by atoms with Crippen LogP contribution < -0.4 is 33.2 Å². The first-order chi connectivity index (χ1) is 16.8. The molecule has 0 atom stereocenters. The molecule has 37 heavy (non-hydrogen) atoms. The van der Waals surface area contributed by atoms with E-state index in [4.69, 9.17) is 50.7 Å². The Morgan fingerprint density at radius 1 is 0.595 bits per heavy atom. The highest BCUT2D eigenvalue weighted by Gasteiger charge is 2.07. The van der Waals surface area contributed by atoms with Gasteiger partial charge in [-0.1, -0.05) is 24.3 Å². The van der Waals surface area contributed by atoms with Crippen molar-refractivity contribution < 1.29 is 34.4 Å². The van der Waals surface area contributed by atoms with E-state index in [0.29, 0.717) is 25.9 Å². The Hall–Kier alpha value is -3.33. The van der Waals surface area contributed by atoms with Gasteiger partial charge in [-0.3, -0.25) is 19.1 Å². The molecular formula is C18H30N8O8S3. The summed E-state index contributed by atoms with van der Waals surface area (Å²) in [5, 5.41) is 9.93. The van der Waals surface area contributed by atoms with E-state index in [1.54, 1.807) is 24.3 Å². The van der Waals surface area contributed by atoms with E-state index in [0.717, 1.165) is 11.1 Å². The van der Waals surface area contributed by atoms with Crippen LogP contribution >= 0.6 is 0 Å². The summed E-state index contributed by atoms with van der Waals surface area (Å²) in [5.74, 6) is 0.0855. The SMILES string of the molecule is NC(N)=NCCc1ccc(S(N)(=O)=O)cc1.NC(N)=NCCc1ccc(S(N)(=O)=O)cc1.O=S(=O)(O)O. The van der Waals surface area contributed by atoms with Crippen LogP contribution in [0.25, 0.3) is 0 Å². The van der Waals surface area contributed by atoms with E-state index in [1.165, 1.54) is 24.3 Å². The molecule has 0 saturated carbocycles. The normalized spacial score (nSPS) is 11.1. The van der Waals surface area contributed by atoms with E-state index < -0.39 is 30.4 Å². The number of aliphatic imine (C=N–C) groups is 2. The largest absolute Gasteiger partial charge is 0.394 e. The minimum absolute atomic E-state index is 0.0427. The summed E-state index contributed by atoms with van der Waals surface area (Å²) in [6, 6.07) is 12.6. The Labute approximate surface area is 215 Å². The summed E-state index contributed by atoms with van der Waals surface area (Å²) < 4.78 is 75.5. The van der Waals surface area contributed by atoms with Gasteiger partial charge in [0.25, 0.3) is 0 Å². The molecule has 208 valence electrons. The van der Waals surface area contributed by atoms with Gasteiger partial charge in [0, 0.05) is 13.1 Å². The van der Waals surface area contributed by atoms with Crippen LogP contribution in [0.2, 0.25) is 0 Å². The number of nitrogens with two attached hydrogens (primary N) is 6. The Balaban J connectivity index is 0.000000594. The van der Waals surface area contributed by atoms with Gasteiger partial charge in [0.15, 0.2) is 11.9 Å². The van der Waals surface area contributed by atoms with Gasteiger partial charge in [0.2, 0.25) is 20.0 Å². The molecule has 2 aromatic carbocycles. The molecule has 2 aromatic rings. The molecule has 0 aliphatic heterocycles. The van der Waals surface area contributed by atoms with Crippen molar-refractivity contribution in [3.8, 4) is 0 Å². The number of nitrogens with zero attached hydrogens (tertiary/aromatic N) is 2. The zero-order valence-electron chi connectivity index (χ0n) is 19.4. The van der Waals surface area contributed by atoms with Crippen LogP contribution in [-0.2, 0) is 43.3 Å². The zero-order chi connectivity index (χ0) is 28.9. The first-order valence-corrected chi connectivity index (χ1v) is 14.3. The number of guanidine groups is 2. The molecule has 0 aromatic heterocycles. The van der Waals surface area contributed by atoms with E-state index in [9.17, 15) is 16.8 Å². The van der Waals surface area contributed by atoms with E-state index >= 15 is 0 Å². The Morgan fingerprint density at radius 2 is 0.838 bits per heavy atom. The molecule has 0 aliphatic carbocycles. The molecule has 0 radical (unpaired) electrons. The number of benzene rings is 2. The maximum Gasteiger partial charge on any atom is 0.394 e. The van der Waals surface area contributed by atoms with Gasteiger partial charge in [-0.2, -0.15) is 8.42 Å². The smallest absolute Gasteiger partial charge is 0.370 e. The monoisotopic (exact) mass is 582 g/mol. The molecule has 0 heterocycles. The molecule has 0 saturated heterocycles. The van der Waals surface area contributed by atoms with Gasteiger partial charge in [-0.15, -0.1) is 0 Å². The predicted molar refractivity (Wildman–Crippen MR) is 139 cm³/mol. The summed E-state index contributed by atoms with van der Waals surface area (Å²) in [4.78, 5) is 7.83. The minimum atomic E-state index is -4.67. The number of primary sulfonamides is 2. The topological polar surface area (TPSA) is 324 Å². The fraction of sp³-hybridized carbons (Fsp3) is 0.222. The lowest BCUT2D eigenvalue weighted by Gasteiger charge is -2.01. The van der Waals surface area contributed by atoms with Crippen LogP contribution in [0, 0.1) is 0 Å². The number of hydrogen-bond donors (Lipinski definition) is 8. The molecule has 16 nitrogen and oxygen atoms in total. The quantitative estimate of drug-likeness (QED) is 0.0920. The fourth-order valence-electron chi connectivity index (χ4n) is 2.32. The Kier molecular flexibility index (Phi) is 13.7. The Morgan fingerprint density at radius 3 is 1.03 bits per heavy atom. The molecule has 19 heteroatoms. The minimum Gasteiger partial charge on any atom is -0.370 e. The third-order valence-corrected chi connectivity index (χ3v) is 5.75. The van der Waals surface area contributed by atoms with Crippen molar-refractivity contribution in [2.45, 2.75) is 22.6 Å². The highest BCUT2D eigenvalue weighted by Crippen LogP contribution is 2.10. The van der Waals surface area contributed by atoms with Gasteiger partial charge in [0.1, 0.15) is 0 Å². The van der Waals surface area contributed by atoms with E-state index in [-0.39, 0.29) is 21.7 Å². The highest BCUT2D eigenvalue weighted by atomic mass is 32.3. The third-order valence-electron chi connectivity index (χ3n) is 3.89. The van der Waals surface area contributed by atoms with Crippen molar-refractivity contribution in [3.63, 3.8) is 0 Å². The van der Waals surface area contributed by atoms with Gasteiger partial charge >= 0.3 is 10.4 Å². The first kappa shape index (κ1) is 33.7. The van der Waals surface area contributed by atoms with Crippen LogP contribution in [0.4, 0.5) is 0 Å². The van der Waals surface area contributed by atoms with Crippen molar-refractivity contribution in [1.82, 2.24) is 0 Å². The molecule has 0 spiro atoms. The maximum absolute atomic E-state index is 11.0. The maximum atomic E-state index is 11.0. The van der Waals surface area contributed by atoms with Crippen molar-refractivity contribution in [2.75, 3.05) is 13.1 Å². The van der Waals surface area contributed by atoms with Crippen molar-refractivity contribution in [3.05, 3.63) is 59.7 Å². The van der Waals surface area contributed by atoms with Crippen LogP contribution in [0.5, 0.6) is 0 Å². The summed E-state index contributed by atoms with van der Waals surface area (Å²) in [5.41, 5.74) is 22.6. The van der Waals surface area contributed by atoms with Crippen LogP contribution in [-0.4, -0.2) is 59.4 Å². The van der Waals surface area contributed by atoms with E-state index in [2.05, 4.69) is 9.98 Å². The summed E-state index contributed by atoms with van der Waals surface area (Å²) in [6.07, 6.45) is 1.28. The van der Waals surface area contributed by atoms with Crippen molar-refractivity contribution in [2.24, 2.45) is 43.2 Å². The molecule has 2 rings (SSSR count). The number of rotatable bonds is 8. The third kappa shape index (κ3) is 18.6. The molecule has 0 fully saturated rings. The predicted octanol–water partition coefficient (Wildman–Crippen LogP) is -2.35. The molecule has 0 bridgehead atoms. The molecular weight excluding hydrogens is 552 g/mol. The van der Waals surface area contributed by atoms with Crippen LogP contribution in [0.3, 0.4) is 0 Å². The van der Waals surface area contributed by atoms with Gasteiger partial charge in [-0.25, -0.2) is 27.1 Å². The van der Waals surface area contributed by atoms with Gasteiger partial charge < -0.3 is 22.9 Å². The van der Waals surface area contributed by atoms with E-state index in [1.807, 2.05) is 0 Å². The summed E-state index contributed by atoms with van der Waals surface area (Å²) in [6.45, 7) is 0.939. The number of sulfonamides is 2. The molecule has 0 amide bonds. The lowest BCUT2D eigenvalue weighted by Crippen LogP contribution is -2.23. The zero-order valence-corrected chi connectivity index (χ0v) is 21.8. The molecule has 14 N–H and O–H groups in total. The summed E-state index contributed by atoms with van der Waals surface area (Å²) >= 11 is 0. The second-order valence-electron chi connectivity index (χ2n) is 6.94. The summed E-state index contributed by atoms with van der Waals surface area (Å²) in [7, 11) is -11.9. The average Bonchev–Trinajstić information content (AvgIpc) is 2.72. The lowest BCUT2D eigenvalue weighted by molar-refractivity contribution is 0.381. The fourth-order valence-corrected chi connectivity index (χ4v) is 3.35. The first-order valence-electron chi connectivity index (χ1n) is 9.83. The lowest BCUT2D eigenvalue weighted by atomic mass is 10.1. The average molecular weight is 583 g/mol. The number of hydrogen-bond acceptors (Lipinski definition) is 8.